The molecule has 1 unspecified atom stereocenters. The van der Waals surface area contributed by atoms with Gasteiger partial charge in [0.2, 0.25) is 0 Å². The predicted molar refractivity (Wildman–Crippen MR) is 70.3 cm³/mol. The average Bonchev–Trinajstić information content (AvgIpc) is 2.83. The van der Waals surface area contributed by atoms with Crippen molar-refractivity contribution in [2.45, 2.75) is 18.9 Å². The van der Waals surface area contributed by atoms with Gasteiger partial charge in [-0.3, -0.25) is 4.90 Å². The quantitative estimate of drug-likeness (QED) is 0.881. The summed E-state index contributed by atoms with van der Waals surface area (Å²) in [6, 6.07) is 11.2. The lowest BCUT2D eigenvalue weighted by atomic mass is 9.86. The second-order valence-electron chi connectivity index (χ2n) is 5.69. The van der Waals surface area contributed by atoms with Gasteiger partial charge in [-0.05, 0) is 24.9 Å². The Balaban J connectivity index is 1.72. The first-order valence-corrected chi connectivity index (χ1v) is 6.81. The summed E-state index contributed by atoms with van der Waals surface area (Å²) < 4.78 is 5.29. The second kappa shape index (κ2) is 5.00. The van der Waals surface area contributed by atoms with Crippen molar-refractivity contribution in [3.05, 3.63) is 35.9 Å². The molecule has 2 saturated heterocycles. The Morgan fingerprint density at radius 3 is 2.67 bits per heavy atom. The topological polar surface area (TPSA) is 32.7 Å². The number of hydrogen-bond acceptors (Lipinski definition) is 3. The summed E-state index contributed by atoms with van der Waals surface area (Å²) in [5.74, 6) is 0. The SMILES string of the molecule is OCC1(CN2CCCC2c2ccccc2)COC1. The molecule has 2 fully saturated rings. The molecule has 1 aromatic rings. The molecule has 0 aromatic heterocycles. The lowest BCUT2D eigenvalue weighted by Crippen LogP contribution is -2.53. The van der Waals surface area contributed by atoms with E-state index in [-0.39, 0.29) is 12.0 Å². The number of hydrogen-bond donors (Lipinski definition) is 1. The number of aliphatic hydroxyl groups is 1. The Hall–Kier alpha value is -0.900. The Morgan fingerprint density at radius 2 is 2.06 bits per heavy atom. The van der Waals surface area contributed by atoms with Gasteiger partial charge in [0.1, 0.15) is 0 Å². The van der Waals surface area contributed by atoms with Gasteiger partial charge < -0.3 is 9.84 Å². The predicted octanol–water partition coefficient (Wildman–Crippen LogP) is 1.83. The van der Waals surface area contributed by atoms with Crippen LogP contribution in [0.1, 0.15) is 24.4 Å². The van der Waals surface area contributed by atoms with Crippen molar-refractivity contribution >= 4 is 0 Å². The summed E-state index contributed by atoms with van der Waals surface area (Å²) in [5, 5.41) is 9.55. The highest BCUT2D eigenvalue weighted by Crippen LogP contribution is 2.36. The lowest BCUT2D eigenvalue weighted by molar-refractivity contribution is -0.149. The molecule has 18 heavy (non-hydrogen) atoms. The van der Waals surface area contributed by atoms with Crippen molar-refractivity contribution < 1.29 is 9.84 Å². The largest absolute Gasteiger partial charge is 0.396 e. The highest BCUT2D eigenvalue weighted by atomic mass is 16.5. The summed E-state index contributed by atoms with van der Waals surface area (Å²) in [4.78, 5) is 2.52. The molecule has 98 valence electrons. The van der Waals surface area contributed by atoms with Gasteiger partial charge in [-0.25, -0.2) is 0 Å². The van der Waals surface area contributed by atoms with Gasteiger partial charge in [0.25, 0.3) is 0 Å². The van der Waals surface area contributed by atoms with Gasteiger partial charge >= 0.3 is 0 Å². The van der Waals surface area contributed by atoms with Crippen molar-refractivity contribution in [2.24, 2.45) is 5.41 Å². The molecule has 1 N–H and O–H groups in total. The minimum absolute atomic E-state index is 0.00261. The molecule has 2 aliphatic heterocycles. The maximum Gasteiger partial charge on any atom is 0.0579 e. The molecular weight excluding hydrogens is 226 g/mol. The summed E-state index contributed by atoms with van der Waals surface area (Å²) >= 11 is 0. The number of aliphatic hydroxyl groups excluding tert-OH is 1. The third kappa shape index (κ3) is 2.18. The summed E-state index contributed by atoms with van der Waals surface area (Å²) in [6.45, 7) is 3.76. The highest BCUT2D eigenvalue weighted by Gasteiger charge is 2.42. The number of rotatable bonds is 4. The van der Waals surface area contributed by atoms with E-state index >= 15 is 0 Å². The first kappa shape index (κ1) is 12.2. The molecule has 3 rings (SSSR count). The van der Waals surface area contributed by atoms with Crippen molar-refractivity contribution in [2.75, 3.05) is 32.9 Å². The van der Waals surface area contributed by atoms with Crippen LogP contribution in [-0.4, -0.2) is 42.9 Å². The van der Waals surface area contributed by atoms with Crippen LogP contribution in [0.5, 0.6) is 0 Å². The number of benzene rings is 1. The molecule has 2 aliphatic rings. The summed E-state index contributed by atoms with van der Waals surface area (Å²) in [5.41, 5.74) is 1.40. The van der Waals surface area contributed by atoms with Gasteiger partial charge in [0.05, 0.1) is 25.2 Å². The zero-order chi connectivity index (χ0) is 12.4. The van der Waals surface area contributed by atoms with Gasteiger partial charge in [-0.15, -0.1) is 0 Å². The molecule has 0 spiro atoms. The van der Waals surface area contributed by atoms with Crippen LogP contribution < -0.4 is 0 Å². The van der Waals surface area contributed by atoms with Crippen LogP contribution in [0.3, 0.4) is 0 Å². The van der Waals surface area contributed by atoms with E-state index in [1.54, 1.807) is 0 Å². The number of likely N-dealkylation sites (tertiary alicyclic amines) is 1. The first-order chi connectivity index (χ1) is 8.83. The van der Waals surface area contributed by atoms with E-state index in [4.69, 9.17) is 4.74 Å². The van der Waals surface area contributed by atoms with Gasteiger partial charge in [-0.1, -0.05) is 30.3 Å². The monoisotopic (exact) mass is 247 g/mol. The minimum atomic E-state index is -0.00261. The molecule has 0 saturated carbocycles. The zero-order valence-corrected chi connectivity index (χ0v) is 10.7. The fraction of sp³-hybridized carbons (Fsp3) is 0.600. The molecule has 0 radical (unpaired) electrons. The highest BCUT2D eigenvalue weighted by molar-refractivity contribution is 5.20. The summed E-state index contributed by atoms with van der Waals surface area (Å²) in [7, 11) is 0. The van der Waals surface area contributed by atoms with Crippen LogP contribution in [0.4, 0.5) is 0 Å². The van der Waals surface area contributed by atoms with E-state index in [0.717, 1.165) is 13.1 Å². The minimum Gasteiger partial charge on any atom is -0.396 e. The smallest absolute Gasteiger partial charge is 0.0579 e. The molecule has 0 aliphatic carbocycles. The average molecular weight is 247 g/mol. The zero-order valence-electron chi connectivity index (χ0n) is 10.7. The standard InChI is InChI=1S/C15H21NO2/c17-10-15(11-18-12-15)9-16-8-4-7-14(16)13-5-2-1-3-6-13/h1-3,5-6,14,17H,4,7-12H2. The van der Waals surface area contributed by atoms with Crippen LogP contribution in [0.15, 0.2) is 30.3 Å². The fourth-order valence-electron chi connectivity index (χ4n) is 3.12. The van der Waals surface area contributed by atoms with Gasteiger partial charge in [-0.2, -0.15) is 0 Å². The van der Waals surface area contributed by atoms with Crippen LogP contribution in [0.2, 0.25) is 0 Å². The Bertz CT molecular complexity index is 383. The normalized spacial score (nSPS) is 27.1. The Kier molecular flexibility index (Phi) is 3.37. The van der Waals surface area contributed by atoms with Crippen LogP contribution >= 0.6 is 0 Å². The van der Waals surface area contributed by atoms with Gasteiger partial charge in [0.15, 0.2) is 0 Å². The third-order valence-corrected chi connectivity index (χ3v) is 4.24. The molecule has 3 nitrogen and oxygen atoms in total. The van der Waals surface area contributed by atoms with E-state index in [9.17, 15) is 5.11 Å². The number of ether oxygens (including phenoxy) is 1. The maximum atomic E-state index is 9.55. The lowest BCUT2D eigenvalue weighted by Gasteiger charge is -2.43. The summed E-state index contributed by atoms with van der Waals surface area (Å²) in [6.07, 6.45) is 2.48. The van der Waals surface area contributed by atoms with Gasteiger partial charge in [0, 0.05) is 12.6 Å². The molecule has 1 atom stereocenters. The van der Waals surface area contributed by atoms with E-state index in [0.29, 0.717) is 19.3 Å². The molecule has 3 heteroatoms. The van der Waals surface area contributed by atoms with Crippen molar-refractivity contribution in [1.82, 2.24) is 4.90 Å². The van der Waals surface area contributed by atoms with E-state index < -0.39 is 0 Å². The first-order valence-electron chi connectivity index (χ1n) is 6.81. The van der Waals surface area contributed by atoms with Crippen molar-refractivity contribution in [1.29, 1.82) is 0 Å². The van der Waals surface area contributed by atoms with Crippen LogP contribution in [0, 0.1) is 5.41 Å². The third-order valence-electron chi connectivity index (χ3n) is 4.24. The Morgan fingerprint density at radius 1 is 1.28 bits per heavy atom. The maximum absolute atomic E-state index is 9.55. The van der Waals surface area contributed by atoms with E-state index in [2.05, 4.69) is 35.2 Å². The fourth-order valence-corrected chi connectivity index (χ4v) is 3.12. The molecule has 1 aromatic carbocycles. The molecule has 2 heterocycles. The molecule has 0 amide bonds. The number of nitrogens with zero attached hydrogens (tertiary/aromatic N) is 1. The van der Waals surface area contributed by atoms with Crippen LogP contribution in [0.25, 0.3) is 0 Å². The van der Waals surface area contributed by atoms with Crippen molar-refractivity contribution in [3.8, 4) is 0 Å². The van der Waals surface area contributed by atoms with E-state index in [1.165, 1.54) is 18.4 Å². The molecular formula is C15H21NO2. The van der Waals surface area contributed by atoms with Crippen LogP contribution in [-0.2, 0) is 4.74 Å². The second-order valence-corrected chi connectivity index (χ2v) is 5.69. The Labute approximate surface area is 108 Å². The van der Waals surface area contributed by atoms with E-state index in [1.807, 2.05) is 0 Å². The van der Waals surface area contributed by atoms with Crippen molar-refractivity contribution in [3.63, 3.8) is 0 Å². The molecule has 0 bridgehead atoms.